The molecule has 3 aromatic rings. The number of hydrogen-bond donors (Lipinski definition) is 5. The summed E-state index contributed by atoms with van der Waals surface area (Å²) in [5.41, 5.74) is 4.75. The number of para-hydroxylation sites is 1. The molecule has 5 N–H and O–H groups in total. The third kappa shape index (κ3) is 6.79. The molecule has 3 rings (SSSR count). The van der Waals surface area contributed by atoms with Crippen LogP contribution < -0.4 is 20.9 Å². The summed E-state index contributed by atoms with van der Waals surface area (Å²) in [5, 5.41) is 16.0. The van der Waals surface area contributed by atoms with E-state index in [1.54, 1.807) is 12.5 Å². The van der Waals surface area contributed by atoms with Gasteiger partial charge in [0, 0.05) is 42.9 Å². The van der Waals surface area contributed by atoms with E-state index < -0.39 is 17.9 Å². The molecule has 2 aromatic carbocycles. The number of thiocarbonyl (C=S) groups is 1. The number of fused-ring (bicyclic) bond motifs is 1. The highest BCUT2D eigenvalue weighted by Crippen LogP contribution is 2.20. The monoisotopic (exact) mass is 482 g/mol. The van der Waals surface area contributed by atoms with Crippen LogP contribution in [0.5, 0.6) is 5.75 Å². The first-order valence-electron chi connectivity index (χ1n) is 11.1. The molecule has 8 nitrogen and oxygen atoms in total. The van der Waals surface area contributed by atoms with Gasteiger partial charge in [-0.05, 0) is 37.1 Å². The standard InChI is InChI=1S/C25H30N4O4S/c1-16-7-9-19(10-8-16)33-12-11-17(14-23(30)29-32)24(31)28-22(25(34)26-2)13-18-15-27-21-6-4-3-5-20(18)21/h3-10,15,17,22,27,32H,11-14H2,1-2H3,(H,26,34)(H,28,31)(H,29,30)/t17-,22+/m1/s1. The molecule has 0 saturated carbocycles. The van der Waals surface area contributed by atoms with Crippen molar-refractivity contribution in [3.63, 3.8) is 0 Å². The number of carbonyl (C=O) groups is 2. The van der Waals surface area contributed by atoms with Crippen LogP contribution in [0.3, 0.4) is 0 Å². The van der Waals surface area contributed by atoms with E-state index in [1.165, 1.54) is 0 Å². The van der Waals surface area contributed by atoms with Gasteiger partial charge in [-0.2, -0.15) is 0 Å². The Bertz CT molecular complexity index is 1130. The summed E-state index contributed by atoms with van der Waals surface area (Å²) in [6, 6.07) is 15.0. The molecule has 0 spiro atoms. The molecule has 34 heavy (non-hydrogen) atoms. The van der Waals surface area contributed by atoms with Crippen LogP contribution in [0, 0.1) is 12.8 Å². The Hall–Kier alpha value is -3.43. The number of aromatic amines is 1. The SMILES string of the molecule is CNC(=S)[C@H](Cc1c[nH]c2ccccc12)NC(=O)[C@H](CCOc1ccc(C)cc1)CC(=O)NO. The number of ether oxygens (including phenoxy) is 1. The summed E-state index contributed by atoms with van der Waals surface area (Å²) in [5.74, 6) is -0.994. The molecule has 180 valence electrons. The third-order valence-corrected chi connectivity index (χ3v) is 6.15. The van der Waals surface area contributed by atoms with Gasteiger partial charge in [0.1, 0.15) is 5.75 Å². The highest BCUT2D eigenvalue weighted by atomic mass is 32.1. The van der Waals surface area contributed by atoms with Gasteiger partial charge >= 0.3 is 0 Å². The van der Waals surface area contributed by atoms with Crippen molar-refractivity contribution in [2.45, 2.75) is 32.2 Å². The number of amides is 2. The predicted octanol–water partition coefficient (Wildman–Crippen LogP) is 3.03. The lowest BCUT2D eigenvalue weighted by molar-refractivity contribution is -0.135. The number of rotatable bonds is 11. The molecule has 0 bridgehead atoms. The minimum atomic E-state index is -0.706. The minimum absolute atomic E-state index is 0.175. The number of carbonyl (C=O) groups excluding carboxylic acids is 2. The average Bonchev–Trinajstić information content (AvgIpc) is 3.26. The Balaban J connectivity index is 1.69. The lowest BCUT2D eigenvalue weighted by Gasteiger charge is -2.23. The van der Waals surface area contributed by atoms with Crippen LogP contribution >= 0.6 is 12.2 Å². The van der Waals surface area contributed by atoms with Crippen molar-refractivity contribution in [2.75, 3.05) is 13.7 Å². The maximum Gasteiger partial charge on any atom is 0.244 e. The molecule has 0 unspecified atom stereocenters. The van der Waals surface area contributed by atoms with Crippen molar-refractivity contribution in [3.8, 4) is 5.75 Å². The fraction of sp³-hybridized carbons (Fsp3) is 0.320. The Morgan fingerprint density at radius 2 is 1.88 bits per heavy atom. The molecule has 0 radical (unpaired) electrons. The number of aryl methyl sites for hydroxylation is 1. The Morgan fingerprint density at radius 3 is 2.59 bits per heavy atom. The summed E-state index contributed by atoms with van der Waals surface area (Å²) in [4.78, 5) is 28.8. The lowest BCUT2D eigenvalue weighted by atomic mass is 9.98. The number of aromatic nitrogens is 1. The molecule has 0 aliphatic rings. The highest BCUT2D eigenvalue weighted by molar-refractivity contribution is 7.80. The highest BCUT2D eigenvalue weighted by Gasteiger charge is 2.26. The van der Waals surface area contributed by atoms with Gasteiger partial charge in [-0.1, -0.05) is 48.1 Å². The third-order valence-electron chi connectivity index (χ3n) is 5.66. The molecule has 1 heterocycles. The molecular formula is C25H30N4O4S. The smallest absolute Gasteiger partial charge is 0.244 e. The van der Waals surface area contributed by atoms with Crippen molar-refractivity contribution in [3.05, 3.63) is 65.9 Å². The summed E-state index contributed by atoms with van der Waals surface area (Å²) >= 11 is 5.47. The molecular weight excluding hydrogens is 452 g/mol. The summed E-state index contributed by atoms with van der Waals surface area (Å²) < 4.78 is 5.75. The van der Waals surface area contributed by atoms with E-state index in [-0.39, 0.29) is 18.9 Å². The first-order valence-corrected chi connectivity index (χ1v) is 11.5. The largest absolute Gasteiger partial charge is 0.494 e. The Kier molecular flexibility index (Phi) is 9.00. The second kappa shape index (κ2) is 12.2. The van der Waals surface area contributed by atoms with Gasteiger partial charge in [0.05, 0.1) is 17.6 Å². The van der Waals surface area contributed by atoms with E-state index in [0.717, 1.165) is 22.0 Å². The quantitative estimate of drug-likeness (QED) is 0.163. The average molecular weight is 483 g/mol. The fourth-order valence-corrected chi connectivity index (χ4v) is 3.88. The second-order valence-electron chi connectivity index (χ2n) is 8.13. The number of likely N-dealkylation sites (N-methyl/N-ethyl adjacent to an activating group) is 1. The van der Waals surface area contributed by atoms with Crippen LogP contribution in [0.1, 0.15) is 24.0 Å². The molecule has 1 aromatic heterocycles. The Labute approximate surface area is 204 Å². The van der Waals surface area contributed by atoms with Gasteiger partial charge in [0.25, 0.3) is 0 Å². The summed E-state index contributed by atoms with van der Waals surface area (Å²) in [7, 11) is 1.71. The van der Waals surface area contributed by atoms with Crippen molar-refractivity contribution in [1.82, 2.24) is 21.1 Å². The van der Waals surface area contributed by atoms with Crippen LogP contribution in [0.25, 0.3) is 10.9 Å². The maximum atomic E-state index is 13.2. The van der Waals surface area contributed by atoms with Crippen LogP contribution in [0.2, 0.25) is 0 Å². The predicted molar refractivity (Wildman–Crippen MR) is 135 cm³/mol. The second-order valence-corrected chi connectivity index (χ2v) is 8.57. The van der Waals surface area contributed by atoms with E-state index in [2.05, 4.69) is 15.6 Å². The van der Waals surface area contributed by atoms with Gasteiger partial charge in [-0.15, -0.1) is 0 Å². The fourth-order valence-electron chi connectivity index (χ4n) is 3.74. The van der Waals surface area contributed by atoms with Crippen LogP contribution in [-0.4, -0.2) is 46.7 Å². The molecule has 2 atom stereocenters. The van der Waals surface area contributed by atoms with Gasteiger partial charge in [-0.3, -0.25) is 14.8 Å². The number of hydroxylamine groups is 1. The normalized spacial score (nSPS) is 12.6. The topological polar surface area (TPSA) is 115 Å². The summed E-state index contributed by atoms with van der Waals surface area (Å²) in [6.07, 6.45) is 2.51. The first-order chi connectivity index (χ1) is 16.4. The number of benzene rings is 2. The minimum Gasteiger partial charge on any atom is -0.494 e. The number of H-pyrrole nitrogens is 1. The number of hydrogen-bond acceptors (Lipinski definition) is 5. The van der Waals surface area contributed by atoms with Crippen LogP contribution in [0.15, 0.2) is 54.7 Å². The molecule has 0 saturated heterocycles. The van der Waals surface area contributed by atoms with E-state index in [4.69, 9.17) is 22.2 Å². The van der Waals surface area contributed by atoms with Crippen LogP contribution in [0.4, 0.5) is 0 Å². The zero-order valence-corrected chi connectivity index (χ0v) is 20.1. The van der Waals surface area contributed by atoms with Crippen LogP contribution in [-0.2, 0) is 16.0 Å². The summed E-state index contributed by atoms with van der Waals surface area (Å²) in [6.45, 7) is 2.23. The van der Waals surface area contributed by atoms with Gasteiger partial charge in [-0.25, -0.2) is 5.48 Å². The van der Waals surface area contributed by atoms with Gasteiger partial charge in [0.2, 0.25) is 11.8 Å². The zero-order chi connectivity index (χ0) is 24.5. The maximum absolute atomic E-state index is 13.2. The molecule has 0 fully saturated rings. The van der Waals surface area contributed by atoms with E-state index in [9.17, 15) is 9.59 Å². The number of nitrogens with one attached hydrogen (secondary N) is 4. The lowest BCUT2D eigenvalue weighted by Crippen LogP contribution is -2.48. The zero-order valence-electron chi connectivity index (χ0n) is 19.3. The molecule has 0 aliphatic carbocycles. The van der Waals surface area contributed by atoms with Crippen molar-refractivity contribution in [2.24, 2.45) is 5.92 Å². The van der Waals surface area contributed by atoms with E-state index >= 15 is 0 Å². The van der Waals surface area contributed by atoms with Crippen molar-refractivity contribution < 1.29 is 19.5 Å². The molecule has 2 amide bonds. The van der Waals surface area contributed by atoms with Crippen molar-refractivity contribution >= 4 is 39.9 Å². The van der Waals surface area contributed by atoms with Crippen molar-refractivity contribution in [1.29, 1.82) is 0 Å². The van der Waals surface area contributed by atoms with Gasteiger partial charge in [0.15, 0.2) is 0 Å². The van der Waals surface area contributed by atoms with E-state index in [0.29, 0.717) is 23.6 Å². The first kappa shape index (κ1) is 25.2. The molecule has 0 aliphatic heterocycles. The van der Waals surface area contributed by atoms with E-state index in [1.807, 2.05) is 61.7 Å². The Morgan fingerprint density at radius 1 is 1.15 bits per heavy atom. The van der Waals surface area contributed by atoms with Gasteiger partial charge < -0.3 is 20.4 Å². The molecule has 9 heteroatoms.